The predicted molar refractivity (Wildman–Crippen MR) is 64.3 cm³/mol. The first kappa shape index (κ1) is 13.3. The van der Waals surface area contributed by atoms with E-state index in [0.29, 0.717) is 13.0 Å². The zero-order valence-corrected chi connectivity index (χ0v) is 10.8. The van der Waals surface area contributed by atoms with E-state index in [0.717, 1.165) is 0 Å². The van der Waals surface area contributed by atoms with Crippen LogP contribution in [0.2, 0.25) is 0 Å². The summed E-state index contributed by atoms with van der Waals surface area (Å²) in [5.74, 6) is -0.223. The lowest BCUT2D eigenvalue weighted by Crippen LogP contribution is -2.47. The van der Waals surface area contributed by atoms with E-state index < -0.39 is 21.3 Å². The lowest BCUT2D eigenvalue weighted by Gasteiger charge is -2.16. The normalized spacial score (nSPS) is 23.5. The summed E-state index contributed by atoms with van der Waals surface area (Å²) in [6.45, 7) is 1.95. The van der Waals surface area contributed by atoms with Gasteiger partial charge in [-0.3, -0.25) is 4.79 Å². The second kappa shape index (κ2) is 4.64. The largest absolute Gasteiger partial charge is 0.392 e. The van der Waals surface area contributed by atoms with Crippen molar-refractivity contribution in [2.45, 2.75) is 24.6 Å². The fourth-order valence-electron chi connectivity index (χ4n) is 1.39. The molecule has 0 aromatic heterocycles. The molecule has 0 aromatic carbocycles. The monoisotopic (exact) mass is 265 g/mol. The quantitative estimate of drug-likeness (QED) is 0.624. The van der Waals surface area contributed by atoms with Gasteiger partial charge in [-0.15, -0.1) is 0 Å². The topological polar surface area (TPSA) is 92.5 Å². The van der Waals surface area contributed by atoms with Crippen LogP contribution >= 0.6 is 12.2 Å². The summed E-state index contributed by atoms with van der Waals surface area (Å²) in [5.41, 5.74) is 5.28. The number of nitrogens with zero attached hydrogens (tertiary/aromatic N) is 1. The molecule has 2 unspecified atom stereocenters. The van der Waals surface area contributed by atoms with E-state index in [1.807, 2.05) is 0 Å². The molecule has 1 fully saturated rings. The van der Waals surface area contributed by atoms with Gasteiger partial charge >= 0.3 is 0 Å². The molecule has 92 valence electrons. The van der Waals surface area contributed by atoms with Crippen LogP contribution in [0.25, 0.3) is 0 Å². The number of likely N-dealkylation sites (tertiary alicyclic amines) is 1. The van der Waals surface area contributed by atoms with Crippen molar-refractivity contribution >= 4 is 33.1 Å². The second-order valence-electron chi connectivity index (χ2n) is 3.81. The maximum absolute atomic E-state index is 11.7. The molecular formula is C8H15N3O3S2. The van der Waals surface area contributed by atoms with Crippen LogP contribution in [-0.4, -0.2) is 49.1 Å². The molecule has 1 rings (SSSR count). The van der Waals surface area contributed by atoms with Crippen molar-refractivity contribution in [3.63, 3.8) is 0 Å². The molecule has 0 aromatic rings. The molecule has 3 N–H and O–H groups in total. The van der Waals surface area contributed by atoms with Crippen LogP contribution in [0.3, 0.4) is 0 Å². The Hall–Kier alpha value is -0.730. The van der Waals surface area contributed by atoms with E-state index in [1.54, 1.807) is 7.05 Å². The summed E-state index contributed by atoms with van der Waals surface area (Å²) in [7, 11) is -2.03. The van der Waals surface area contributed by atoms with Gasteiger partial charge in [-0.1, -0.05) is 12.2 Å². The Labute approximate surface area is 100 Å². The van der Waals surface area contributed by atoms with Crippen molar-refractivity contribution in [2.24, 2.45) is 5.73 Å². The average molecular weight is 265 g/mol. The molecule has 1 aliphatic rings. The number of nitrogens with one attached hydrogen (secondary N) is 1. The van der Waals surface area contributed by atoms with Crippen molar-refractivity contribution in [3.8, 4) is 0 Å². The number of thiocarbonyl (C=S) groups is 1. The molecule has 16 heavy (non-hydrogen) atoms. The van der Waals surface area contributed by atoms with Gasteiger partial charge in [0.05, 0.1) is 4.99 Å². The fraction of sp³-hybridized carbons (Fsp3) is 0.750. The molecule has 0 bridgehead atoms. The third kappa shape index (κ3) is 2.69. The first-order chi connectivity index (χ1) is 7.25. The van der Waals surface area contributed by atoms with Crippen LogP contribution in [0.4, 0.5) is 0 Å². The fourth-order valence-corrected chi connectivity index (χ4v) is 2.89. The Morgan fingerprint density at radius 3 is 2.62 bits per heavy atom. The molecule has 1 aliphatic heterocycles. The Kier molecular flexibility index (Phi) is 3.87. The minimum atomic E-state index is -3.66. The van der Waals surface area contributed by atoms with Crippen LogP contribution in [-0.2, 0) is 14.8 Å². The van der Waals surface area contributed by atoms with E-state index in [1.165, 1.54) is 11.8 Å². The number of nitrogens with two attached hydrogens (primary N) is 1. The summed E-state index contributed by atoms with van der Waals surface area (Å²) in [4.78, 5) is 12.9. The van der Waals surface area contributed by atoms with Crippen molar-refractivity contribution in [1.82, 2.24) is 9.62 Å². The van der Waals surface area contributed by atoms with E-state index in [4.69, 9.17) is 5.73 Å². The Bertz CT molecular complexity index is 407. The van der Waals surface area contributed by atoms with Crippen molar-refractivity contribution < 1.29 is 13.2 Å². The standard InChI is InChI=1S/C8H15N3O3S2/c1-5(7(9)15)16(13,14)10-6-3-4-11(2)8(6)12/h5-6,10H,3-4H2,1-2H3,(H2,9,15). The lowest BCUT2D eigenvalue weighted by atomic mass is 10.3. The van der Waals surface area contributed by atoms with Gasteiger partial charge in [-0.25, -0.2) is 13.1 Å². The molecule has 8 heteroatoms. The molecule has 1 saturated heterocycles. The third-order valence-electron chi connectivity index (χ3n) is 2.60. The zero-order chi connectivity index (χ0) is 12.5. The van der Waals surface area contributed by atoms with Crippen molar-refractivity contribution in [1.29, 1.82) is 0 Å². The lowest BCUT2D eigenvalue weighted by molar-refractivity contribution is -0.127. The number of sulfonamides is 1. The van der Waals surface area contributed by atoms with Crippen LogP contribution in [0.15, 0.2) is 0 Å². The minimum absolute atomic E-state index is 0.105. The summed E-state index contributed by atoms with van der Waals surface area (Å²) in [5, 5.41) is -0.971. The maximum Gasteiger partial charge on any atom is 0.240 e. The summed E-state index contributed by atoms with van der Waals surface area (Å²) in [6, 6.07) is -0.688. The Morgan fingerprint density at radius 1 is 1.69 bits per heavy atom. The molecule has 0 spiro atoms. The highest BCUT2D eigenvalue weighted by atomic mass is 32.2. The third-order valence-corrected chi connectivity index (χ3v) is 4.90. The van der Waals surface area contributed by atoms with E-state index in [-0.39, 0.29) is 10.9 Å². The van der Waals surface area contributed by atoms with Crippen molar-refractivity contribution in [2.75, 3.05) is 13.6 Å². The van der Waals surface area contributed by atoms with Crippen LogP contribution in [0.5, 0.6) is 0 Å². The van der Waals surface area contributed by atoms with Crippen LogP contribution in [0.1, 0.15) is 13.3 Å². The van der Waals surface area contributed by atoms with Crippen LogP contribution < -0.4 is 10.5 Å². The predicted octanol–water partition coefficient (Wildman–Crippen LogP) is -1.19. The number of amides is 1. The molecule has 0 saturated carbocycles. The van der Waals surface area contributed by atoms with Gasteiger partial charge in [-0.05, 0) is 13.3 Å². The Balaban J connectivity index is 2.75. The molecule has 1 heterocycles. The number of carbonyl (C=O) groups is 1. The van der Waals surface area contributed by atoms with Crippen molar-refractivity contribution in [3.05, 3.63) is 0 Å². The molecule has 2 atom stereocenters. The number of hydrogen-bond donors (Lipinski definition) is 2. The number of hydrogen-bond acceptors (Lipinski definition) is 4. The van der Waals surface area contributed by atoms with Gasteiger partial charge in [0.25, 0.3) is 0 Å². The SMILES string of the molecule is CC(C(N)=S)S(=O)(=O)NC1CCN(C)C1=O. The number of likely N-dealkylation sites (N-methyl/N-ethyl adjacent to an activating group) is 1. The average Bonchev–Trinajstić information content (AvgIpc) is 2.48. The number of carbonyl (C=O) groups excluding carboxylic acids is 1. The molecule has 1 amide bonds. The zero-order valence-electron chi connectivity index (χ0n) is 9.13. The first-order valence-corrected chi connectivity index (χ1v) is 6.76. The summed E-state index contributed by atoms with van der Waals surface area (Å²) >= 11 is 4.62. The summed E-state index contributed by atoms with van der Waals surface area (Å²) < 4.78 is 25.8. The van der Waals surface area contributed by atoms with Gasteiger partial charge in [0.2, 0.25) is 15.9 Å². The molecule has 6 nitrogen and oxygen atoms in total. The minimum Gasteiger partial charge on any atom is -0.392 e. The maximum atomic E-state index is 11.7. The molecule has 0 aliphatic carbocycles. The molecular weight excluding hydrogens is 250 g/mol. The number of rotatable bonds is 4. The van der Waals surface area contributed by atoms with E-state index in [2.05, 4.69) is 16.9 Å². The Morgan fingerprint density at radius 2 is 2.25 bits per heavy atom. The highest BCUT2D eigenvalue weighted by Gasteiger charge is 2.34. The van der Waals surface area contributed by atoms with Gasteiger partial charge in [0, 0.05) is 13.6 Å². The van der Waals surface area contributed by atoms with E-state index in [9.17, 15) is 13.2 Å². The van der Waals surface area contributed by atoms with E-state index >= 15 is 0 Å². The molecule has 0 radical (unpaired) electrons. The van der Waals surface area contributed by atoms with Gasteiger partial charge in [0.15, 0.2) is 0 Å². The highest BCUT2D eigenvalue weighted by Crippen LogP contribution is 2.11. The van der Waals surface area contributed by atoms with Crippen LogP contribution in [0, 0.1) is 0 Å². The van der Waals surface area contributed by atoms with Gasteiger partial charge in [0.1, 0.15) is 11.3 Å². The smallest absolute Gasteiger partial charge is 0.240 e. The van der Waals surface area contributed by atoms with Gasteiger partial charge < -0.3 is 10.6 Å². The van der Waals surface area contributed by atoms with Gasteiger partial charge in [-0.2, -0.15) is 0 Å². The highest BCUT2D eigenvalue weighted by molar-refractivity contribution is 7.93. The second-order valence-corrected chi connectivity index (χ2v) is 6.31. The first-order valence-electron chi connectivity index (χ1n) is 4.81. The summed E-state index contributed by atoms with van der Waals surface area (Å²) in [6.07, 6.45) is 0.471.